The Morgan fingerprint density at radius 1 is 0.400 bits per heavy atom. The molecule has 0 radical (unpaired) electrons. The molecule has 7 aromatic rings. The van der Waals surface area contributed by atoms with Gasteiger partial charge in [-0.05, 0) is 70.8 Å². The van der Waals surface area contributed by atoms with Crippen molar-refractivity contribution in [3.05, 3.63) is 192 Å². The van der Waals surface area contributed by atoms with Crippen LogP contribution in [0.5, 0.6) is 0 Å². The maximum absolute atomic E-state index is 11.0. The molecule has 3 aromatic carbocycles. The summed E-state index contributed by atoms with van der Waals surface area (Å²) in [5, 5.41) is 56.8. The number of nitrogens with zero attached hydrogens (tertiary/aromatic N) is 4. The van der Waals surface area contributed by atoms with Crippen molar-refractivity contribution in [1.82, 2.24) is 9.97 Å². The van der Waals surface area contributed by atoms with Crippen LogP contribution in [0.3, 0.4) is 0 Å². The largest absolute Gasteiger partial charge is 0.545 e. The van der Waals surface area contributed by atoms with Gasteiger partial charge in [0, 0.05) is 84.4 Å². The van der Waals surface area contributed by atoms with Crippen molar-refractivity contribution in [1.29, 1.82) is 0 Å². The summed E-state index contributed by atoms with van der Waals surface area (Å²) in [5.41, 5.74) is 2.91. The highest BCUT2D eigenvalue weighted by Crippen LogP contribution is 2.19. The Balaban J connectivity index is 0.000000172. The molecule has 0 aliphatic carbocycles. The third-order valence-electron chi connectivity index (χ3n) is 8.53. The first-order valence-corrected chi connectivity index (χ1v) is 17.3. The van der Waals surface area contributed by atoms with Gasteiger partial charge in [0.2, 0.25) is 11.4 Å². The second-order valence-electron chi connectivity index (χ2n) is 12.3. The fraction of sp³-hybridized carbons (Fsp3) is 0. The lowest BCUT2D eigenvalue weighted by atomic mass is 9.98. The minimum Gasteiger partial charge on any atom is -0.545 e. The summed E-state index contributed by atoms with van der Waals surface area (Å²) >= 11 is 0. The van der Waals surface area contributed by atoms with Gasteiger partial charge in [-0.15, -0.1) is 0 Å². The number of benzene rings is 3. The second kappa shape index (κ2) is 19.3. The van der Waals surface area contributed by atoms with Crippen LogP contribution in [0.4, 0.5) is 0 Å². The lowest BCUT2D eigenvalue weighted by molar-refractivity contribution is -0.595. The predicted octanol–water partition coefficient (Wildman–Crippen LogP) is 3.26. The number of carbonyl (C=O) groups excluding carboxylic acids is 2. The quantitative estimate of drug-likeness (QED) is 0.145. The first kappa shape index (κ1) is 42.2. The van der Waals surface area contributed by atoms with Crippen molar-refractivity contribution in [2.45, 2.75) is 0 Å². The Morgan fingerprint density at radius 3 is 1.02 bits per heavy atom. The molecular formula is C44H30N4O12. The molecule has 0 atom stereocenters. The summed E-state index contributed by atoms with van der Waals surface area (Å²) in [7, 11) is 0. The van der Waals surface area contributed by atoms with Gasteiger partial charge in [0.05, 0.1) is 34.2 Å². The number of carbonyl (C=O) groups is 6. The van der Waals surface area contributed by atoms with Crippen LogP contribution in [0, 0.1) is 0 Å². The number of carboxylic acid groups (broad SMARTS) is 6. The topological polar surface area (TPSA) is 263 Å². The number of pyridine rings is 4. The summed E-state index contributed by atoms with van der Waals surface area (Å²) in [5.74, 6) is -9.17. The van der Waals surface area contributed by atoms with E-state index in [9.17, 15) is 39.0 Å². The highest BCUT2D eigenvalue weighted by Gasteiger charge is 2.20. The Morgan fingerprint density at radius 2 is 0.717 bits per heavy atom. The zero-order valence-electron chi connectivity index (χ0n) is 30.9. The van der Waals surface area contributed by atoms with Crippen molar-refractivity contribution < 1.29 is 68.5 Å². The van der Waals surface area contributed by atoms with E-state index in [-0.39, 0.29) is 11.1 Å². The first-order valence-electron chi connectivity index (χ1n) is 17.3. The van der Waals surface area contributed by atoms with E-state index in [1.807, 2.05) is 94.6 Å². The molecule has 60 heavy (non-hydrogen) atoms. The molecule has 0 aliphatic heterocycles. The number of aromatic nitrogens is 4. The summed E-state index contributed by atoms with van der Waals surface area (Å²) < 4.78 is 3.77. The molecule has 16 nitrogen and oxygen atoms in total. The van der Waals surface area contributed by atoms with Crippen molar-refractivity contribution in [3.63, 3.8) is 0 Å². The summed E-state index contributed by atoms with van der Waals surface area (Å²) in [6, 6.07) is 30.3. The van der Waals surface area contributed by atoms with Crippen LogP contribution in [-0.2, 0) is 0 Å². The second-order valence-corrected chi connectivity index (χ2v) is 12.3. The van der Waals surface area contributed by atoms with Crippen LogP contribution in [0.15, 0.2) is 159 Å². The van der Waals surface area contributed by atoms with Gasteiger partial charge in [-0.25, -0.2) is 19.2 Å². The van der Waals surface area contributed by atoms with Gasteiger partial charge < -0.3 is 40.2 Å². The van der Waals surface area contributed by atoms with Gasteiger partial charge in [0.25, 0.3) is 0 Å². The van der Waals surface area contributed by atoms with Crippen molar-refractivity contribution >= 4 is 35.8 Å². The molecule has 0 bridgehead atoms. The van der Waals surface area contributed by atoms with Gasteiger partial charge in [-0.2, -0.15) is 9.13 Å². The molecule has 0 unspecified atom stereocenters. The number of rotatable bonds is 10. The molecule has 4 aromatic heterocycles. The molecule has 0 aliphatic rings. The number of hydrogen-bond acceptors (Lipinski definition) is 10. The molecule has 0 saturated heterocycles. The molecule has 0 saturated carbocycles. The van der Waals surface area contributed by atoms with E-state index in [1.54, 1.807) is 61.2 Å². The molecule has 7 rings (SSSR count). The van der Waals surface area contributed by atoms with E-state index >= 15 is 0 Å². The highest BCUT2D eigenvalue weighted by molar-refractivity contribution is 6.08. The third-order valence-corrected chi connectivity index (χ3v) is 8.53. The fourth-order valence-corrected chi connectivity index (χ4v) is 5.56. The van der Waals surface area contributed by atoms with E-state index in [0.29, 0.717) is 12.1 Å². The third kappa shape index (κ3) is 10.7. The summed E-state index contributed by atoms with van der Waals surface area (Å²) in [6.45, 7) is 0. The lowest BCUT2D eigenvalue weighted by Gasteiger charge is -2.13. The molecule has 4 heterocycles. The predicted molar refractivity (Wildman–Crippen MR) is 205 cm³/mol. The smallest absolute Gasteiger partial charge is 0.336 e. The van der Waals surface area contributed by atoms with Crippen LogP contribution < -0.4 is 19.3 Å². The zero-order chi connectivity index (χ0) is 43.3. The Hall–Kier alpha value is -8.92. The van der Waals surface area contributed by atoms with E-state index in [0.717, 1.165) is 33.6 Å². The minimum atomic E-state index is -1.94. The van der Waals surface area contributed by atoms with E-state index in [1.165, 1.54) is 0 Å². The standard InChI is InChI=1S/2C17H12N2O2.C10H6O8/c2*20-17(21)15-2-1-3-16(12-15)19-10-6-14(7-11-19)13-4-8-18-9-5-13;11-7(12)3-1-4(8(13)14)6(10(17)18)2-5(3)9(15)16/h2*1-12H;1-2H,(H,11,12)(H,13,14)(H,15,16)(H,17,18). The van der Waals surface area contributed by atoms with Crippen LogP contribution in [-0.4, -0.2) is 66.2 Å². The number of aromatic carboxylic acids is 6. The van der Waals surface area contributed by atoms with E-state index in [4.69, 9.17) is 20.4 Å². The number of carboxylic acids is 6. The van der Waals surface area contributed by atoms with Gasteiger partial charge in [0.1, 0.15) is 0 Å². The molecular weight excluding hydrogens is 777 g/mol. The van der Waals surface area contributed by atoms with Crippen LogP contribution in [0.25, 0.3) is 33.6 Å². The Labute approximate surface area is 339 Å². The van der Waals surface area contributed by atoms with Crippen LogP contribution >= 0.6 is 0 Å². The molecule has 16 heteroatoms. The van der Waals surface area contributed by atoms with Gasteiger partial charge in [-0.3, -0.25) is 9.97 Å². The average Bonchev–Trinajstić information content (AvgIpc) is 3.27. The summed E-state index contributed by atoms with van der Waals surface area (Å²) in [4.78, 5) is 72.8. The normalized spacial score (nSPS) is 10.1. The Kier molecular flexibility index (Phi) is 13.6. The lowest BCUT2D eigenvalue weighted by Crippen LogP contribution is -2.29. The van der Waals surface area contributed by atoms with Crippen molar-refractivity contribution in [3.8, 4) is 33.6 Å². The van der Waals surface area contributed by atoms with Crippen molar-refractivity contribution in [2.75, 3.05) is 0 Å². The first-order chi connectivity index (χ1) is 28.7. The van der Waals surface area contributed by atoms with Gasteiger partial charge in [-0.1, -0.05) is 12.1 Å². The zero-order valence-corrected chi connectivity index (χ0v) is 30.9. The van der Waals surface area contributed by atoms with Gasteiger partial charge in [0.15, 0.2) is 24.8 Å². The van der Waals surface area contributed by atoms with Crippen molar-refractivity contribution in [2.24, 2.45) is 0 Å². The monoisotopic (exact) mass is 806 g/mol. The highest BCUT2D eigenvalue weighted by atomic mass is 16.4. The SMILES string of the molecule is O=C(O)c1cccc(-[n+]2ccc(-c3ccncc3)cc2)c1.O=C(O)c1cccc(-[n+]2ccc(-c3ccncc3)cc2)c1.O=C([O-])c1cc(C(=O)[O-])c(C(=O)O)cc1C(=O)O. The molecule has 4 N–H and O–H groups in total. The molecule has 0 fully saturated rings. The van der Waals surface area contributed by atoms with Crippen LogP contribution in [0.1, 0.15) is 62.1 Å². The minimum absolute atomic E-state index is 0.276. The summed E-state index contributed by atoms with van der Waals surface area (Å²) in [6.07, 6.45) is 14.7. The van der Waals surface area contributed by atoms with E-state index < -0.39 is 58.1 Å². The average molecular weight is 807 g/mol. The fourth-order valence-electron chi connectivity index (χ4n) is 5.56. The van der Waals surface area contributed by atoms with Crippen LogP contribution in [0.2, 0.25) is 0 Å². The molecule has 0 spiro atoms. The number of hydrogen-bond donors (Lipinski definition) is 4. The maximum Gasteiger partial charge on any atom is 0.336 e. The maximum atomic E-state index is 11.0. The molecule has 0 amide bonds. The Bertz CT molecular complexity index is 2470. The van der Waals surface area contributed by atoms with E-state index in [2.05, 4.69) is 9.97 Å². The van der Waals surface area contributed by atoms with Gasteiger partial charge >= 0.3 is 23.9 Å². The molecule has 298 valence electrons.